The molecule has 12 heavy (non-hydrogen) atoms. The maximum atomic E-state index is 11.1. The van der Waals surface area contributed by atoms with E-state index in [0.29, 0.717) is 18.2 Å². The number of fused-ring (bicyclic) bond motifs is 1. The smallest absolute Gasteiger partial charge is 0.329 e. The van der Waals surface area contributed by atoms with Crippen molar-refractivity contribution in [2.24, 2.45) is 7.05 Å². The van der Waals surface area contributed by atoms with Gasteiger partial charge in [0.2, 0.25) is 0 Å². The lowest BCUT2D eigenvalue weighted by Crippen LogP contribution is -2.29. The number of nitrogens with one attached hydrogen (secondary N) is 3. The molecule has 0 spiro atoms. The van der Waals surface area contributed by atoms with E-state index >= 15 is 0 Å². The van der Waals surface area contributed by atoms with Gasteiger partial charge in [-0.05, 0) is 0 Å². The summed E-state index contributed by atoms with van der Waals surface area (Å²) < 4.78 is 1.36. The molecule has 2 heterocycles. The third-order valence-electron chi connectivity index (χ3n) is 1.85. The van der Waals surface area contributed by atoms with Crippen molar-refractivity contribution in [2.45, 2.75) is 0 Å². The second-order valence-corrected chi connectivity index (χ2v) is 2.57. The van der Waals surface area contributed by atoms with E-state index in [-0.39, 0.29) is 5.56 Å². The summed E-state index contributed by atoms with van der Waals surface area (Å²) in [6, 6.07) is 0. The van der Waals surface area contributed by atoms with Crippen LogP contribution < -0.4 is 21.9 Å². The predicted octanol–water partition coefficient (Wildman–Crippen LogP) is -1.13. The minimum atomic E-state index is -0.407. The molecule has 0 amide bonds. The Morgan fingerprint density at radius 2 is 2.08 bits per heavy atom. The average Bonchev–Trinajstić information content (AvgIpc) is 2.48. The Labute approximate surface area is 67.2 Å². The van der Waals surface area contributed by atoms with Gasteiger partial charge in [-0.1, -0.05) is 0 Å². The molecule has 0 atom stereocenters. The molecule has 0 fully saturated rings. The van der Waals surface area contributed by atoms with Crippen LogP contribution in [0.2, 0.25) is 0 Å². The van der Waals surface area contributed by atoms with Crippen LogP contribution in [0.25, 0.3) is 0 Å². The number of rotatable bonds is 0. The highest BCUT2D eigenvalue weighted by Crippen LogP contribution is 2.17. The Morgan fingerprint density at radius 1 is 1.33 bits per heavy atom. The van der Waals surface area contributed by atoms with Crippen molar-refractivity contribution in [1.29, 1.82) is 0 Å². The monoisotopic (exact) mass is 168 g/mol. The number of nitrogens with zero attached hydrogens (tertiary/aromatic N) is 1. The van der Waals surface area contributed by atoms with Gasteiger partial charge in [0.05, 0.1) is 6.67 Å². The molecule has 0 saturated heterocycles. The molecule has 0 aromatic carbocycles. The first-order chi connectivity index (χ1) is 5.70. The molecule has 6 nitrogen and oxygen atoms in total. The van der Waals surface area contributed by atoms with Gasteiger partial charge < -0.3 is 10.6 Å². The van der Waals surface area contributed by atoms with Crippen molar-refractivity contribution in [3.05, 3.63) is 20.8 Å². The highest BCUT2D eigenvalue weighted by molar-refractivity contribution is 5.67. The molecular formula is C6H8N4O2. The highest BCUT2D eigenvalue weighted by atomic mass is 16.2. The lowest BCUT2D eigenvalue weighted by atomic mass is 10.5. The normalized spacial score (nSPS) is 13.4. The fourth-order valence-corrected chi connectivity index (χ4v) is 1.21. The SMILES string of the molecule is Cn1c2c(c(=O)[nH]c1=O)NCN2. The largest absolute Gasteiger partial charge is 0.360 e. The highest BCUT2D eigenvalue weighted by Gasteiger charge is 2.16. The summed E-state index contributed by atoms with van der Waals surface area (Å²) in [5, 5.41) is 5.70. The van der Waals surface area contributed by atoms with Crippen LogP contribution in [0.1, 0.15) is 0 Å². The molecule has 3 N–H and O–H groups in total. The van der Waals surface area contributed by atoms with Crippen molar-refractivity contribution < 1.29 is 0 Å². The van der Waals surface area contributed by atoms with Crippen LogP contribution in [-0.2, 0) is 7.05 Å². The van der Waals surface area contributed by atoms with Gasteiger partial charge in [-0.25, -0.2) is 4.79 Å². The van der Waals surface area contributed by atoms with Crippen molar-refractivity contribution >= 4 is 11.5 Å². The molecule has 6 heteroatoms. The molecule has 0 radical (unpaired) electrons. The number of H-pyrrole nitrogens is 1. The van der Waals surface area contributed by atoms with Gasteiger partial charge in [0.15, 0.2) is 0 Å². The molecule has 1 aliphatic rings. The average molecular weight is 168 g/mol. The standard InChI is InChI=1S/C6H8N4O2/c1-10-4-3(7-2-8-4)5(11)9-6(10)12/h7-8H,2H2,1H3,(H,9,11,12). The Hall–Kier alpha value is -1.72. The van der Waals surface area contributed by atoms with Gasteiger partial charge >= 0.3 is 5.69 Å². The zero-order chi connectivity index (χ0) is 8.72. The van der Waals surface area contributed by atoms with E-state index in [1.807, 2.05) is 0 Å². The molecule has 1 aromatic heterocycles. The Kier molecular flexibility index (Phi) is 1.24. The molecule has 1 aliphatic heterocycles. The fourth-order valence-electron chi connectivity index (χ4n) is 1.21. The molecular weight excluding hydrogens is 160 g/mol. The molecule has 2 rings (SSSR count). The summed E-state index contributed by atoms with van der Waals surface area (Å²) in [4.78, 5) is 24.3. The van der Waals surface area contributed by atoms with Gasteiger partial charge in [-0.2, -0.15) is 0 Å². The van der Waals surface area contributed by atoms with Crippen LogP contribution in [-0.4, -0.2) is 16.2 Å². The maximum absolute atomic E-state index is 11.1. The first kappa shape index (κ1) is 6.96. The first-order valence-electron chi connectivity index (χ1n) is 3.51. The summed E-state index contributed by atoms with van der Waals surface area (Å²) in [5.74, 6) is 0.545. The topological polar surface area (TPSA) is 78.9 Å². The molecule has 0 aliphatic carbocycles. The van der Waals surface area contributed by atoms with Gasteiger partial charge in [-0.3, -0.25) is 14.3 Å². The summed E-state index contributed by atoms with van der Waals surface area (Å²) in [5.41, 5.74) is -0.356. The van der Waals surface area contributed by atoms with Crippen molar-refractivity contribution in [2.75, 3.05) is 17.3 Å². The summed E-state index contributed by atoms with van der Waals surface area (Å²) >= 11 is 0. The number of aromatic nitrogens is 2. The minimum Gasteiger partial charge on any atom is -0.360 e. The first-order valence-corrected chi connectivity index (χ1v) is 3.51. The van der Waals surface area contributed by atoms with Crippen molar-refractivity contribution in [3.8, 4) is 0 Å². The third kappa shape index (κ3) is 0.744. The number of hydrogen-bond donors (Lipinski definition) is 3. The Bertz CT molecular complexity index is 430. The lowest BCUT2D eigenvalue weighted by Gasteiger charge is -2.02. The van der Waals surface area contributed by atoms with Gasteiger partial charge in [0.25, 0.3) is 5.56 Å². The second kappa shape index (κ2) is 2.13. The number of hydrogen-bond acceptors (Lipinski definition) is 4. The summed E-state index contributed by atoms with van der Waals surface area (Å²) in [6.07, 6.45) is 0. The molecule has 0 unspecified atom stereocenters. The van der Waals surface area contributed by atoms with E-state index in [4.69, 9.17) is 0 Å². The maximum Gasteiger partial charge on any atom is 0.329 e. The van der Waals surface area contributed by atoms with E-state index in [1.165, 1.54) is 4.57 Å². The van der Waals surface area contributed by atoms with Gasteiger partial charge in [0, 0.05) is 7.05 Å². The van der Waals surface area contributed by atoms with Crippen LogP contribution in [0.5, 0.6) is 0 Å². The minimum absolute atomic E-state index is 0.377. The predicted molar refractivity (Wildman–Crippen MR) is 44.4 cm³/mol. The van der Waals surface area contributed by atoms with Crippen LogP contribution in [0.15, 0.2) is 9.59 Å². The van der Waals surface area contributed by atoms with Gasteiger partial charge in [-0.15, -0.1) is 0 Å². The molecule has 0 saturated carbocycles. The zero-order valence-electron chi connectivity index (χ0n) is 6.47. The number of aromatic amines is 1. The van der Waals surface area contributed by atoms with E-state index in [9.17, 15) is 9.59 Å². The quantitative estimate of drug-likeness (QED) is 0.458. The third-order valence-corrected chi connectivity index (χ3v) is 1.85. The van der Waals surface area contributed by atoms with Gasteiger partial charge in [0.1, 0.15) is 11.5 Å². The molecule has 1 aromatic rings. The van der Waals surface area contributed by atoms with E-state index in [0.717, 1.165) is 0 Å². The Morgan fingerprint density at radius 3 is 2.83 bits per heavy atom. The zero-order valence-corrected chi connectivity index (χ0v) is 6.47. The fraction of sp³-hybridized carbons (Fsp3) is 0.333. The number of anilines is 2. The van der Waals surface area contributed by atoms with E-state index < -0.39 is 5.69 Å². The Balaban J connectivity index is 2.87. The molecule has 0 bridgehead atoms. The van der Waals surface area contributed by atoms with E-state index in [2.05, 4.69) is 15.6 Å². The lowest BCUT2D eigenvalue weighted by molar-refractivity contribution is 0.816. The summed E-state index contributed by atoms with van der Waals surface area (Å²) in [6.45, 7) is 0.482. The van der Waals surface area contributed by atoms with Crippen molar-refractivity contribution in [1.82, 2.24) is 9.55 Å². The molecule has 64 valence electrons. The van der Waals surface area contributed by atoms with E-state index in [1.54, 1.807) is 7.05 Å². The van der Waals surface area contributed by atoms with Crippen molar-refractivity contribution in [3.63, 3.8) is 0 Å². The van der Waals surface area contributed by atoms with Crippen LogP contribution >= 0.6 is 0 Å². The van der Waals surface area contributed by atoms with Crippen LogP contribution in [0.3, 0.4) is 0 Å². The second-order valence-electron chi connectivity index (χ2n) is 2.57. The summed E-state index contributed by atoms with van der Waals surface area (Å²) in [7, 11) is 1.59. The van der Waals surface area contributed by atoms with Crippen LogP contribution in [0, 0.1) is 0 Å². The van der Waals surface area contributed by atoms with Crippen LogP contribution in [0.4, 0.5) is 11.5 Å².